The van der Waals surface area contributed by atoms with E-state index in [2.05, 4.69) is 21.8 Å². The fourth-order valence-corrected chi connectivity index (χ4v) is 3.09. The first kappa shape index (κ1) is 16.9. The summed E-state index contributed by atoms with van der Waals surface area (Å²) in [6, 6.07) is 8.13. The smallest absolute Gasteiger partial charge is 0.145 e. The zero-order chi connectivity index (χ0) is 14.8. The topological polar surface area (TPSA) is 81.1 Å². The Hall–Kier alpha value is -1.43. The van der Waals surface area contributed by atoms with Gasteiger partial charge in [-0.1, -0.05) is 12.1 Å². The van der Waals surface area contributed by atoms with Gasteiger partial charge in [-0.25, -0.2) is 9.97 Å². The minimum absolute atomic E-state index is 0. The van der Waals surface area contributed by atoms with E-state index in [0.717, 1.165) is 36.4 Å². The zero-order valence-electron chi connectivity index (χ0n) is 12.9. The van der Waals surface area contributed by atoms with Crippen molar-refractivity contribution < 1.29 is 0 Å². The Morgan fingerprint density at radius 3 is 2.86 bits per heavy atom. The lowest BCUT2D eigenvalue weighted by Crippen LogP contribution is -2.42. The number of fused-ring (bicyclic) bond motifs is 1. The number of piperidine rings is 1. The molecule has 1 aliphatic rings. The fraction of sp³-hybridized carbons (Fsp3) is 0.500. The molecule has 0 radical (unpaired) electrons. The molecule has 0 bridgehead atoms. The molecule has 2 unspecified atom stereocenters. The van der Waals surface area contributed by atoms with Gasteiger partial charge in [-0.2, -0.15) is 0 Å². The molecule has 2 aromatic rings. The summed E-state index contributed by atoms with van der Waals surface area (Å²) in [4.78, 5) is 11.5. The molecule has 22 heavy (non-hydrogen) atoms. The average molecular weight is 322 g/mol. The van der Waals surface area contributed by atoms with Crippen molar-refractivity contribution in [3.8, 4) is 0 Å². The second-order valence-corrected chi connectivity index (χ2v) is 6.04. The Morgan fingerprint density at radius 1 is 1.32 bits per heavy atom. The van der Waals surface area contributed by atoms with Gasteiger partial charge in [0, 0.05) is 18.0 Å². The van der Waals surface area contributed by atoms with E-state index in [9.17, 15) is 0 Å². The number of rotatable bonds is 3. The van der Waals surface area contributed by atoms with E-state index in [4.69, 9.17) is 11.5 Å². The molecular weight excluding hydrogens is 298 g/mol. The summed E-state index contributed by atoms with van der Waals surface area (Å²) >= 11 is 0. The maximum absolute atomic E-state index is 6.05. The number of likely N-dealkylation sites (tertiary alicyclic amines) is 1. The van der Waals surface area contributed by atoms with Crippen molar-refractivity contribution in [2.45, 2.75) is 32.4 Å². The van der Waals surface area contributed by atoms with Crippen molar-refractivity contribution in [2.75, 3.05) is 18.8 Å². The lowest BCUT2D eigenvalue weighted by molar-refractivity contribution is 0.151. The third-order valence-corrected chi connectivity index (χ3v) is 4.33. The SMILES string of the molecule is CC(N)C1CCCN(Cc2nc(N)c3ccccc3n2)C1.Cl. The van der Waals surface area contributed by atoms with Crippen LogP contribution in [0.1, 0.15) is 25.6 Å². The summed E-state index contributed by atoms with van der Waals surface area (Å²) in [5.41, 5.74) is 13.0. The second-order valence-electron chi connectivity index (χ2n) is 6.04. The van der Waals surface area contributed by atoms with Crippen molar-refractivity contribution in [1.29, 1.82) is 0 Å². The van der Waals surface area contributed by atoms with Gasteiger partial charge in [0.15, 0.2) is 0 Å². The minimum Gasteiger partial charge on any atom is -0.383 e. The van der Waals surface area contributed by atoms with Gasteiger partial charge in [0.25, 0.3) is 0 Å². The molecule has 1 aromatic carbocycles. The van der Waals surface area contributed by atoms with Gasteiger partial charge in [-0.05, 0) is 44.4 Å². The molecule has 1 fully saturated rings. The van der Waals surface area contributed by atoms with Crippen molar-refractivity contribution in [2.24, 2.45) is 11.7 Å². The van der Waals surface area contributed by atoms with Crippen LogP contribution in [-0.4, -0.2) is 34.0 Å². The highest BCUT2D eigenvalue weighted by atomic mass is 35.5. The van der Waals surface area contributed by atoms with Crippen molar-refractivity contribution in [3.05, 3.63) is 30.1 Å². The number of aromatic nitrogens is 2. The number of hydrogen-bond donors (Lipinski definition) is 2. The highest BCUT2D eigenvalue weighted by Crippen LogP contribution is 2.21. The first-order chi connectivity index (χ1) is 10.1. The number of nitrogens with zero attached hydrogens (tertiary/aromatic N) is 3. The van der Waals surface area contributed by atoms with Crippen LogP contribution < -0.4 is 11.5 Å². The quantitative estimate of drug-likeness (QED) is 0.905. The lowest BCUT2D eigenvalue weighted by atomic mass is 9.92. The maximum Gasteiger partial charge on any atom is 0.145 e. The summed E-state index contributed by atoms with van der Waals surface area (Å²) in [6.07, 6.45) is 2.41. The Labute approximate surface area is 137 Å². The number of nitrogens with two attached hydrogens (primary N) is 2. The molecule has 3 rings (SSSR count). The Morgan fingerprint density at radius 2 is 2.09 bits per heavy atom. The second kappa shape index (κ2) is 7.22. The zero-order valence-corrected chi connectivity index (χ0v) is 13.7. The number of nitrogen functional groups attached to an aromatic ring is 1. The molecule has 2 atom stereocenters. The lowest BCUT2D eigenvalue weighted by Gasteiger charge is -2.34. The Bertz CT molecular complexity index is 631. The highest BCUT2D eigenvalue weighted by molar-refractivity contribution is 5.87. The monoisotopic (exact) mass is 321 g/mol. The molecule has 1 saturated heterocycles. The molecule has 6 heteroatoms. The highest BCUT2D eigenvalue weighted by Gasteiger charge is 2.23. The Kier molecular flexibility index (Phi) is 5.56. The molecule has 0 amide bonds. The van der Waals surface area contributed by atoms with Gasteiger partial charge in [0.2, 0.25) is 0 Å². The Balaban J connectivity index is 0.00000176. The predicted molar refractivity (Wildman–Crippen MR) is 92.8 cm³/mol. The molecule has 1 aromatic heterocycles. The van der Waals surface area contributed by atoms with Gasteiger partial charge < -0.3 is 11.5 Å². The average Bonchev–Trinajstić information content (AvgIpc) is 2.47. The van der Waals surface area contributed by atoms with E-state index >= 15 is 0 Å². The third-order valence-electron chi connectivity index (χ3n) is 4.33. The van der Waals surface area contributed by atoms with Crippen molar-refractivity contribution in [1.82, 2.24) is 14.9 Å². The van der Waals surface area contributed by atoms with E-state index in [1.165, 1.54) is 12.8 Å². The van der Waals surface area contributed by atoms with Crippen LogP contribution in [0.2, 0.25) is 0 Å². The summed E-state index contributed by atoms with van der Waals surface area (Å²) < 4.78 is 0. The largest absolute Gasteiger partial charge is 0.383 e. The molecule has 0 aliphatic carbocycles. The maximum atomic E-state index is 6.05. The van der Waals surface area contributed by atoms with Crippen molar-refractivity contribution in [3.63, 3.8) is 0 Å². The van der Waals surface area contributed by atoms with E-state index in [1.54, 1.807) is 0 Å². The fourth-order valence-electron chi connectivity index (χ4n) is 3.09. The standard InChI is InChI=1S/C16H23N5.ClH/c1-11(17)12-5-4-8-21(9-12)10-15-19-14-7-3-2-6-13(14)16(18)20-15;/h2-3,6-7,11-12H,4-5,8-10,17H2,1H3,(H2,18,19,20);1H. The minimum atomic E-state index is 0. The van der Waals surface area contributed by atoms with E-state index in [-0.39, 0.29) is 18.4 Å². The number of benzene rings is 1. The van der Waals surface area contributed by atoms with Gasteiger partial charge in [0.1, 0.15) is 11.6 Å². The van der Waals surface area contributed by atoms with Gasteiger partial charge >= 0.3 is 0 Å². The van der Waals surface area contributed by atoms with Crippen LogP contribution >= 0.6 is 12.4 Å². The summed E-state index contributed by atoms with van der Waals surface area (Å²) in [5, 5.41) is 0.924. The molecule has 0 spiro atoms. The summed E-state index contributed by atoms with van der Waals surface area (Å²) in [6.45, 7) is 4.95. The molecule has 120 valence electrons. The third kappa shape index (κ3) is 3.66. The summed E-state index contributed by atoms with van der Waals surface area (Å²) in [5.74, 6) is 1.93. The number of halogens is 1. The van der Waals surface area contributed by atoms with Gasteiger partial charge in [-0.15, -0.1) is 12.4 Å². The first-order valence-corrected chi connectivity index (χ1v) is 7.62. The number of anilines is 1. The molecule has 5 nitrogen and oxygen atoms in total. The number of para-hydroxylation sites is 1. The molecule has 4 N–H and O–H groups in total. The molecule has 0 saturated carbocycles. The van der Waals surface area contributed by atoms with Crippen molar-refractivity contribution >= 4 is 29.1 Å². The van der Waals surface area contributed by atoms with Crippen LogP contribution in [-0.2, 0) is 6.54 Å². The van der Waals surface area contributed by atoms with Crippen LogP contribution in [0, 0.1) is 5.92 Å². The van der Waals surface area contributed by atoms with Gasteiger partial charge in [0.05, 0.1) is 12.1 Å². The summed E-state index contributed by atoms with van der Waals surface area (Å²) in [7, 11) is 0. The first-order valence-electron chi connectivity index (χ1n) is 7.62. The normalized spacial score (nSPS) is 20.5. The van der Waals surface area contributed by atoms with Crippen LogP contribution in [0.3, 0.4) is 0 Å². The van der Waals surface area contributed by atoms with Crippen LogP contribution in [0.15, 0.2) is 24.3 Å². The van der Waals surface area contributed by atoms with E-state index < -0.39 is 0 Å². The van der Waals surface area contributed by atoms with Gasteiger partial charge in [-0.3, -0.25) is 4.90 Å². The van der Waals surface area contributed by atoms with Crippen LogP contribution in [0.4, 0.5) is 5.82 Å². The number of hydrogen-bond acceptors (Lipinski definition) is 5. The van der Waals surface area contributed by atoms with Crippen LogP contribution in [0.5, 0.6) is 0 Å². The van der Waals surface area contributed by atoms with E-state index in [1.807, 2.05) is 24.3 Å². The molecule has 2 heterocycles. The van der Waals surface area contributed by atoms with E-state index in [0.29, 0.717) is 11.7 Å². The van der Waals surface area contributed by atoms with Crippen LogP contribution in [0.25, 0.3) is 10.9 Å². The molecule has 1 aliphatic heterocycles. The molecular formula is C16H24ClN5. The predicted octanol–water partition coefficient (Wildman–Crippen LogP) is 2.19.